The summed E-state index contributed by atoms with van der Waals surface area (Å²) in [5.74, 6) is 1.38. The van der Waals surface area contributed by atoms with Crippen LogP contribution in [-0.4, -0.2) is 28.8 Å². The van der Waals surface area contributed by atoms with Gasteiger partial charge in [0.25, 0.3) is 0 Å². The first-order valence-corrected chi connectivity index (χ1v) is 9.24. The Morgan fingerprint density at radius 3 is 2.04 bits per heavy atom. The summed E-state index contributed by atoms with van der Waals surface area (Å²) in [7, 11) is 0. The molecule has 0 aromatic heterocycles. The average Bonchev–Trinajstić information content (AvgIpc) is 2.54. The zero-order chi connectivity index (χ0) is 16.7. The van der Waals surface area contributed by atoms with Crippen molar-refractivity contribution < 1.29 is 15.0 Å². The molecule has 25 heavy (non-hydrogen) atoms. The molecule has 0 spiro atoms. The molecular formula is C20H28ClNO3. The molecule has 0 saturated heterocycles. The highest BCUT2D eigenvalue weighted by atomic mass is 35.5. The Bertz CT molecular complexity index is 571. The van der Waals surface area contributed by atoms with Crippen molar-refractivity contribution in [1.29, 1.82) is 0 Å². The van der Waals surface area contributed by atoms with E-state index >= 15 is 0 Å². The maximum absolute atomic E-state index is 12.2. The van der Waals surface area contributed by atoms with Crippen LogP contribution in [0.4, 0.5) is 0 Å². The highest BCUT2D eigenvalue weighted by Crippen LogP contribution is 2.61. The summed E-state index contributed by atoms with van der Waals surface area (Å²) in [4.78, 5) is 12.2. The third kappa shape index (κ3) is 3.44. The molecule has 138 valence electrons. The summed E-state index contributed by atoms with van der Waals surface area (Å²) in [5, 5.41) is 23.1. The number of carboxylic acid groups (broad SMARTS) is 1. The first-order chi connectivity index (χ1) is 11.6. The van der Waals surface area contributed by atoms with Gasteiger partial charge in [-0.15, -0.1) is 12.4 Å². The van der Waals surface area contributed by atoms with Crippen LogP contribution < -0.4 is 5.32 Å². The van der Waals surface area contributed by atoms with Gasteiger partial charge in [-0.05, 0) is 67.3 Å². The quantitative estimate of drug-likeness (QED) is 0.722. The van der Waals surface area contributed by atoms with Gasteiger partial charge >= 0.3 is 5.97 Å². The van der Waals surface area contributed by atoms with Gasteiger partial charge in [0.1, 0.15) is 6.04 Å². The number of rotatable bonds is 6. The molecule has 4 aliphatic carbocycles. The number of nitrogens with one attached hydrogen (secondary N) is 1. The first-order valence-electron chi connectivity index (χ1n) is 9.24. The molecule has 4 nitrogen and oxygen atoms in total. The molecule has 3 N–H and O–H groups in total. The molecule has 2 atom stereocenters. The predicted octanol–water partition coefficient (Wildman–Crippen LogP) is 3.40. The lowest BCUT2D eigenvalue weighted by Crippen LogP contribution is -2.59. The van der Waals surface area contributed by atoms with Crippen LogP contribution in [0.5, 0.6) is 0 Å². The molecule has 5 rings (SSSR count). The average molecular weight is 366 g/mol. The fourth-order valence-corrected chi connectivity index (χ4v) is 6.18. The third-order valence-corrected chi connectivity index (χ3v) is 6.70. The minimum Gasteiger partial charge on any atom is -0.480 e. The zero-order valence-corrected chi connectivity index (χ0v) is 15.3. The minimum absolute atomic E-state index is 0. The van der Waals surface area contributed by atoms with Crippen LogP contribution in [-0.2, 0) is 4.79 Å². The van der Waals surface area contributed by atoms with Gasteiger partial charge < -0.3 is 10.2 Å². The Hall–Kier alpha value is -1.10. The summed E-state index contributed by atoms with van der Waals surface area (Å²) in [5.41, 5.74) is 0.832. The lowest BCUT2D eigenvalue weighted by atomic mass is 9.47. The number of hydrogen-bond acceptors (Lipinski definition) is 3. The molecule has 0 radical (unpaired) electrons. The molecule has 5 heteroatoms. The Kier molecular flexibility index (Phi) is 5.42. The van der Waals surface area contributed by atoms with Crippen LogP contribution >= 0.6 is 12.4 Å². The molecule has 4 fully saturated rings. The summed E-state index contributed by atoms with van der Waals surface area (Å²) >= 11 is 0. The van der Waals surface area contributed by atoms with E-state index in [1.807, 2.05) is 30.3 Å². The van der Waals surface area contributed by atoms with Crippen LogP contribution in [0.2, 0.25) is 0 Å². The molecule has 1 aromatic rings. The van der Waals surface area contributed by atoms with Crippen molar-refractivity contribution in [2.24, 2.45) is 23.2 Å². The monoisotopic (exact) mass is 365 g/mol. The van der Waals surface area contributed by atoms with E-state index in [1.165, 1.54) is 19.3 Å². The Balaban J connectivity index is 0.00000182. The molecule has 0 unspecified atom stereocenters. The van der Waals surface area contributed by atoms with Gasteiger partial charge in [-0.1, -0.05) is 30.3 Å². The number of aliphatic hydroxyl groups is 1. The second kappa shape index (κ2) is 7.26. The Labute approximate surface area is 155 Å². The highest BCUT2D eigenvalue weighted by molar-refractivity contribution is 5.85. The molecule has 4 aliphatic rings. The van der Waals surface area contributed by atoms with Crippen LogP contribution in [0.3, 0.4) is 0 Å². The molecular weight excluding hydrogens is 338 g/mol. The van der Waals surface area contributed by atoms with Gasteiger partial charge in [0, 0.05) is 0 Å². The number of carboxylic acids is 1. The summed E-state index contributed by atoms with van der Waals surface area (Å²) in [6, 6.07) is 8.81. The molecule has 0 amide bonds. The Morgan fingerprint density at radius 2 is 1.60 bits per heavy atom. The smallest absolute Gasteiger partial charge is 0.321 e. The number of aliphatic hydroxyl groups excluding tert-OH is 1. The second-order valence-corrected chi connectivity index (χ2v) is 8.36. The number of aliphatic carboxylic acids is 1. The molecule has 1 aromatic carbocycles. The third-order valence-electron chi connectivity index (χ3n) is 6.70. The van der Waals surface area contributed by atoms with Gasteiger partial charge in [-0.3, -0.25) is 10.1 Å². The van der Waals surface area contributed by atoms with Gasteiger partial charge in [-0.2, -0.15) is 0 Å². The maximum Gasteiger partial charge on any atom is 0.321 e. The largest absolute Gasteiger partial charge is 0.480 e. The van der Waals surface area contributed by atoms with E-state index in [0.717, 1.165) is 24.8 Å². The standard InChI is InChI=1S/C20H27NO3.ClH/c22-12-17(16-4-2-1-3-5-16)21-18(19(23)24)20-9-13-6-14(10-20)8-15(7-13)11-20;/h1-5,13-15,17-18,21-22H,6-12H2,(H,23,24);1H/t13?,14?,15?,17-,18+,20?;/m0./s1. The number of carbonyl (C=O) groups is 1. The van der Waals surface area contributed by atoms with Gasteiger partial charge in [0.05, 0.1) is 12.6 Å². The maximum atomic E-state index is 12.2. The van der Waals surface area contributed by atoms with E-state index in [2.05, 4.69) is 5.32 Å². The van der Waals surface area contributed by atoms with E-state index in [1.54, 1.807) is 0 Å². The topological polar surface area (TPSA) is 69.6 Å². The van der Waals surface area contributed by atoms with Crippen molar-refractivity contribution in [1.82, 2.24) is 5.32 Å². The minimum atomic E-state index is -0.758. The normalized spacial score (nSPS) is 35.0. The van der Waals surface area contributed by atoms with Crippen molar-refractivity contribution in [3.05, 3.63) is 35.9 Å². The van der Waals surface area contributed by atoms with E-state index in [0.29, 0.717) is 17.8 Å². The van der Waals surface area contributed by atoms with Gasteiger partial charge in [0.2, 0.25) is 0 Å². The molecule has 0 aliphatic heterocycles. The molecule has 4 saturated carbocycles. The van der Waals surface area contributed by atoms with Crippen molar-refractivity contribution in [2.45, 2.75) is 50.6 Å². The predicted molar refractivity (Wildman–Crippen MR) is 98.7 cm³/mol. The van der Waals surface area contributed by atoms with Crippen molar-refractivity contribution in [3.63, 3.8) is 0 Å². The Morgan fingerprint density at radius 1 is 1.08 bits per heavy atom. The number of halogens is 1. The lowest BCUT2D eigenvalue weighted by Gasteiger charge is -2.59. The molecule has 0 heterocycles. The fourth-order valence-electron chi connectivity index (χ4n) is 6.18. The van der Waals surface area contributed by atoms with Crippen LogP contribution in [0.15, 0.2) is 30.3 Å². The fraction of sp³-hybridized carbons (Fsp3) is 0.650. The lowest BCUT2D eigenvalue weighted by molar-refractivity contribution is -0.152. The second-order valence-electron chi connectivity index (χ2n) is 8.36. The highest BCUT2D eigenvalue weighted by Gasteiger charge is 2.56. The SMILES string of the molecule is Cl.O=C(O)[C@@H](N[C@@H](CO)c1ccccc1)C12CC3CC(CC(C3)C1)C2. The first kappa shape index (κ1) is 18.7. The van der Waals surface area contributed by atoms with E-state index in [4.69, 9.17) is 0 Å². The summed E-state index contributed by atoms with van der Waals surface area (Å²) < 4.78 is 0. The van der Waals surface area contributed by atoms with Crippen molar-refractivity contribution in [2.75, 3.05) is 6.61 Å². The van der Waals surface area contributed by atoms with Crippen LogP contribution in [0.25, 0.3) is 0 Å². The molecule has 4 bridgehead atoms. The van der Waals surface area contributed by atoms with Crippen molar-refractivity contribution >= 4 is 18.4 Å². The number of benzene rings is 1. The van der Waals surface area contributed by atoms with Gasteiger partial charge in [0.15, 0.2) is 0 Å². The van der Waals surface area contributed by atoms with E-state index < -0.39 is 12.0 Å². The van der Waals surface area contributed by atoms with E-state index in [-0.39, 0.29) is 30.5 Å². The zero-order valence-electron chi connectivity index (χ0n) is 14.4. The van der Waals surface area contributed by atoms with Crippen LogP contribution in [0, 0.1) is 23.2 Å². The summed E-state index contributed by atoms with van der Waals surface area (Å²) in [6.07, 6.45) is 7.01. The van der Waals surface area contributed by atoms with Gasteiger partial charge in [-0.25, -0.2) is 0 Å². The van der Waals surface area contributed by atoms with E-state index in [9.17, 15) is 15.0 Å². The number of hydrogen-bond donors (Lipinski definition) is 3. The van der Waals surface area contributed by atoms with Crippen molar-refractivity contribution in [3.8, 4) is 0 Å². The summed E-state index contributed by atoms with van der Waals surface area (Å²) in [6.45, 7) is -0.0832. The van der Waals surface area contributed by atoms with Crippen LogP contribution in [0.1, 0.15) is 50.1 Å².